The zero-order valence-corrected chi connectivity index (χ0v) is 14.2. The van der Waals surface area contributed by atoms with Gasteiger partial charge >= 0.3 is 5.97 Å². The molecule has 5 nitrogen and oxygen atoms in total. The first kappa shape index (κ1) is 17.4. The summed E-state index contributed by atoms with van der Waals surface area (Å²) in [7, 11) is 0. The second-order valence-corrected chi connectivity index (χ2v) is 5.79. The first-order chi connectivity index (χ1) is 12.7. The Morgan fingerprint density at radius 3 is 2.50 bits per heavy atom. The predicted molar refractivity (Wildman–Crippen MR) is 99.9 cm³/mol. The quantitative estimate of drug-likeness (QED) is 0.391. The maximum atomic E-state index is 12.7. The molecule has 5 heteroatoms. The Kier molecular flexibility index (Phi) is 5.45. The van der Waals surface area contributed by atoms with Gasteiger partial charge in [-0.1, -0.05) is 48.5 Å². The van der Waals surface area contributed by atoms with Gasteiger partial charge in [0.15, 0.2) is 5.69 Å². The summed E-state index contributed by atoms with van der Waals surface area (Å²) in [5.74, 6) is 1.95. The molecule has 1 heterocycles. The van der Waals surface area contributed by atoms with E-state index in [4.69, 9.17) is 11.2 Å². The van der Waals surface area contributed by atoms with Gasteiger partial charge < -0.3 is 4.74 Å². The van der Waals surface area contributed by atoms with Crippen LogP contribution in [0.4, 0.5) is 0 Å². The van der Waals surface area contributed by atoms with Gasteiger partial charge in [0.05, 0.1) is 18.5 Å². The molecular weight excluding hydrogens is 328 g/mol. The van der Waals surface area contributed by atoms with Crippen LogP contribution in [0.3, 0.4) is 0 Å². The maximum Gasteiger partial charge on any atom is 0.359 e. The number of hydrogen-bond donors (Lipinski definition) is 0. The van der Waals surface area contributed by atoms with E-state index in [-0.39, 0.29) is 24.4 Å². The molecule has 0 fully saturated rings. The van der Waals surface area contributed by atoms with Crippen LogP contribution in [0.2, 0.25) is 0 Å². The van der Waals surface area contributed by atoms with Crippen LogP contribution in [0.25, 0.3) is 10.8 Å². The summed E-state index contributed by atoms with van der Waals surface area (Å²) in [6.07, 6.45) is 6.32. The number of aromatic nitrogens is 2. The second-order valence-electron chi connectivity index (χ2n) is 5.79. The fourth-order valence-corrected chi connectivity index (χ4v) is 2.66. The molecule has 3 rings (SSSR count). The molecule has 3 aromatic rings. The first-order valence-electron chi connectivity index (χ1n) is 8.35. The van der Waals surface area contributed by atoms with Gasteiger partial charge in [0.25, 0.3) is 5.56 Å². The highest BCUT2D eigenvalue weighted by Crippen LogP contribution is 2.15. The van der Waals surface area contributed by atoms with E-state index in [1.807, 2.05) is 30.3 Å². The molecule has 0 atom stereocenters. The van der Waals surface area contributed by atoms with Crippen LogP contribution in [0.5, 0.6) is 0 Å². The van der Waals surface area contributed by atoms with Crippen LogP contribution in [0.15, 0.2) is 59.4 Å². The third kappa shape index (κ3) is 3.81. The van der Waals surface area contributed by atoms with E-state index in [0.29, 0.717) is 23.6 Å². The highest BCUT2D eigenvalue weighted by Gasteiger charge is 2.18. The van der Waals surface area contributed by atoms with Gasteiger partial charge in [0.2, 0.25) is 0 Å². The lowest BCUT2D eigenvalue weighted by Crippen LogP contribution is -2.27. The zero-order chi connectivity index (χ0) is 18.4. The van der Waals surface area contributed by atoms with Crippen molar-refractivity contribution in [2.24, 2.45) is 0 Å². The lowest BCUT2D eigenvalue weighted by molar-refractivity contribution is 0.0494. The van der Waals surface area contributed by atoms with Crippen molar-refractivity contribution in [3.05, 3.63) is 76.2 Å². The fraction of sp³-hybridized carbons (Fsp3) is 0.190. The highest BCUT2D eigenvalue weighted by molar-refractivity contribution is 6.02. The molecule has 0 radical (unpaired) electrons. The van der Waals surface area contributed by atoms with Crippen LogP contribution in [-0.4, -0.2) is 22.4 Å². The van der Waals surface area contributed by atoms with Crippen LogP contribution in [-0.2, 0) is 11.3 Å². The van der Waals surface area contributed by atoms with Crippen molar-refractivity contribution < 1.29 is 9.53 Å². The van der Waals surface area contributed by atoms with Crippen LogP contribution in [0.1, 0.15) is 28.9 Å². The summed E-state index contributed by atoms with van der Waals surface area (Å²) in [6, 6.07) is 16.4. The van der Waals surface area contributed by atoms with Crippen LogP contribution in [0, 0.1) is 12.3 Å². The fourth-order valence-electron chi connectivity index (χ4n) is 2.66. The number of terminal acetylenes is 1. The molecule has 0 bridgehead atoms. The van der Waals surface area contributed by atoms with E-state index in [2.05, 4.69) is 11.0 Å². The standard InChI is InChI=1S/C21H18N2O3/c1-2-3-9-14-26-21(25)19-17-12-7-8-13-18(17)20(24)23(22-19)15-16-10-5-4-6-11-16/h1,4-8,10-13H,3,9,14-15H2. The summed E-state index contributed by atoms with van der Waals surface area (Å²) in [5, 5.41) is 5.21. The maximum absolute atomic E-state index is 12.7. The van der Waals surface area contributed by atoms with Crippen molar-refractivity contribution in [1.29, 1.82) is 0 Å². The Labute approximate surface area is 151 Å². The van der Waals surface area contributed by atoms with Gasteiger partial charge in [-0.3, -0.25) is 4.79 Å². The Hall–Kier alpha value is -3.39. The minimum absolute atomic E-state index is 0.136. The summed E-state index contributed by atoms with van der Waals surface area (Å²) < 4.78 is 6.57. The molecule has 2 aromatic carbocycles. The summed E-state index contributed by atoms with van der Waals surface area (Å²) in [5.41, 5.74) is 0.816. The van der Waals surface area contributed by atoms with Crippen molar-refractivity contribution in [3.63, 3.8) is 0 Å². The molecule has 0 N–H and O–H groups in total. The molecule has 0 aliphatic carbocycles. The molecule has 0 saturated heterocycles. The van der Waals surface area contributed by atoms with E-state index in [0.717, 1.165) is 5.56 Å². The van der Waals surface area contributed by atoms with E-state index < -0.39 is 5.97 Å². The van der Waals surface area contributed by atoms with Gasteiger partial charge in [0.1, 0.15) is 0 Å². The van der Waals surface area contributed by atoms with Crippen molar-refractivity contribution in [2.75, 3.05) is 6.61 Å². The number of nitrogens with zero attached hydrogens (tertiary/aromatic N) is 2. The first-order valence-corrected chi connectivity index (χ1v) is 8.35. The Bertz CT molecular complexity index is 1020. The number of ether oxygens (including phenoxy) is 1. The number of unbranched alkanes of at least 4 members (excludes halogenated alkanes) is 1. The smallest absolute Gasteiger partial charge is 0.359 e. The molecule has 0 aliphatic heterocycles. The lowest BCUT2D eigenvalue weighted by atomic mass is 10.1. The van der Waals surface area contributed by atoms with Crippen molar-refractivity contribution in [1.82, 2.24) is 9.78 Å². The highest BCUT2D eigenvalue weighted by atomic mass is 16.5. The third-order valence-electron chi connectivity index (χ3n) is 3.93. The topological polar surface area (TPSA) is 61.2 Å². The number of hydrogen-bond acceptors (Lipinski definition) is 4. The number of benzene rings is 2. The molecule has 0 aliphatic rings. The molecule has 1 aromatic heterocycles. The third-order valence-corrected chi connectivity index (χ3v) is 3.93. The lowest BCUT2D eigenvalue weighted by Gasteiger charge is -2.11. The molecule has 0 spiro atoms. The molecule has 0 saturated carbocycles. The number of carbonyl (C=O) groups excluding carboxylic acids is 1. The zero-order valence-electron chi connectivity index (χ0n) is 14.2. The molecule has 26 heavy (non-hydrogen) atoms. The second kappa shape index (κ2) is 8.13. The van der Waals surface area contributed by atoms with Crippen LogP contribution < -0.4 is 5.56 Å². The average Bonchev–Trinajstić information content (AvgIpc) is 2.68. The van der Waals surface area contributed by atoms with Crippen LogP contribution >= 0.6 is 0 Å². The Morgan fingerprint density at radius 2 is 1.77 bits per heavy atom. The number of esters is 1. The molecule has 0 amide bonds. The molecule has 130 valence electrons. The van der Waals surface area contributed by atoms with E-state index in [1.165, 1.54) is 4.68 Å². The molecular formula is C21H18N2O3. The number of carbonyl (C=O) groups is 1. The summed E-state index contributed by atoms with van der Waals surface area (Å²) in [4.78, 5) is 25.2. The average molecular weight is 346 g/mol. The predicted octanol–water partition coefficient (Wildman–Crippen LogP) is 3.02. The Morgan fingerprint density at radius 1 is 1.08 bits per heavy atom. The number of rotatable bonds is 6. The van der Waals surface area contributed by atoms with Gasteiger partial charge in [-0.2, -0.15) is 5.10 Å². The van der Waals surface area contributed by atoms with E-state index in [1.54, 1.807) is 24.3 Å². The van der Waals surface area contributed by atoms with Crippen molar-refractivity contribution in [3.8, 4) is 12.3 Å². The van der Waals surface area contributed by atoms with Crippen molar-refractivity contribution >= 4 is 16.7 Å². The number of fused-ring (bicyclic) bond motifs is 1. The monoisotopic (exact) mass is 346 g/mol. The minimum atomic E-state index is -0.556. The SMILES string of the molecule is C#CCCCOC(=O)c1nn(Cc2ccccc2)c(=O)c2ccccc12. The van der Waals surface area contributed by atoms with Gasteiger partial charge in [0, 0.05) is 11.8 Å². The normalized spacial score (nSPS) is 10.4. The summed E-state index contributed by atoms with van der Waals surface area (Å²) in [6.45, 7) is 0.499. The summed E-state index contributed by atoms with van der Waals surface area (Å²) >= 11 is 0. The largest absolute Gasteiger partial charge is 0.461 e. The van der Waals surface area contributed by atoms with Gasteiger partial charge in [-0.15, -0.1) is 12.3 Å². The Balaban J connectivity index is 1.99. The van der Waals surface area contributed by atoms with Gasteiger partial charge in [-0.05, 0) is 18.1 Å². The van der Waals surface area contributed by atoms with E-state index in [9.17, 15) is 9.59 Å². The van der Waals surface area contributed by atoms with E-state index >= 15 is 0 Å². The minimum Gasteiger partial charge on any atom is -0.461 e. The molecule has 0 unspecified atom stereocenters. The van der Waals surface area contributed by atoms with Crippen molar-refractivity contribution in [2.45, 2.75) is 19.4 Å². The van der Waals surface area contributed by atoms with Gasteiger partial charge in [-0.25, -0.2) is 9.48 Å².